The normalized spacial score (nSPS) is 18.2. The van der Waals surface area contributed by atoms with E-state index in [0.717, 1.165) is 19.2 Å². The predicted molar refractivity (Wildman–Crippen MR) is 80.1 cm³/mol. The van der Waals surface area contributed by atoms with E-state index in [1.165, 1.54) is 0 Å². The van der Waals surface area contributed by atoms with Gasteiger partial charge in [-0.1, -0.05) is 0 Å². The van der Waals surface area contributed by atoms with Gasteiger partial charge < -0.3 is 30.1 Å². The van der Waals surface area contributed by atoms with Gasteiger partial charge in [-0.2, -0.15) is 0 Å². The average Bonchev–Trinajstić information content (AvgIpc) is 3.04. The van der Waals surface area contributed by atoms with Gasteiger partial charge >= 0.3 is 17.9 Å². The number of carbonyl (C=O) groups excluding carboxylic acids is 1. The van der Waals surface area contributed by atoms with Gasteiger partial charge in [0, 0.05) is 18.2 Å². The Bertz CT molecular complexity index is 1010. The van der Waals surface area contributed by atoms with Gasteiger partial charge in [0.15, 0.2) is 0 Å². The van der Waals surface area contributed by atoms with Crippen LogP contribution in [0.5, 0.6) is 0 Å². The number of Topliss-reactive ketones (excluding diaryl/α,β-unsaturated/α-hetero) is 1. The maximum atomic E-state index is 12.7. The number of fused-ring (bicyclic) bond motifs is 3. The SMILES string of the molecule is COC1(O)C(=O)c2nc(C(=O)O)cc(C(=O)O)c2-c2[nH]c(C(=O)O)cc21. The minimum Gasteiger partial charge on any atom is -0.478 e. The highest BCUT2D eigenvalue weighted by Crippen LogP contribution is 2.43. The molecule has 5 N–H and O–H groups in total. The maximum Gasteiger partial charge on any atom is 0.354 e. The van der Waals surface area contributed by atoms with Crippen molar-refractivity contribution < 1.29 is 44.3 Å². The van der Waals surface area contributed by atoms with Crippen LogP contribution >= 0.6 is 0 Å². The number of aromatic amines is 1. The zero-order valence-electron chi connectivity index (χ0n) is 12.9. The summed E-state index contributed by atoms with van der Waals surface area (Å²) in [5.74, 6) is -8.47. The Balaban J connectivity index is 2.47. The van der Waals surface area contributed by atoms with Gasteiger partial charge in [-0.3, -0.25) is 4.79 Å². The van der Waals surface area contributed by atoms with E-state index in [2.05, 4.69) is 9.97 Å². The van der Waals surface area contributed by atoms with Gasteiger partial charge in [0.2, 0.25) is 5.78 Å². The molecule has 0 saturated carbocycles. The maximum absolute atomic E-state index is 12.7. The average molecular weight is 362 g/mol. The van der Waals surface area contributed by atoms with E-state index in [9.17, 15) is 29.4 Å². The van der Waals surface area contributed by atoms with Crippen molar-refractivity contribution in [1.82, 2.24) is 9.97 Å². The molecule has 0 aromatic carbocycles. The highest BCUT2D eigenvalue weighted by Gasteiger charge is 2.49. The fourth-order valence-electron chi connectivity index (χ4n) is 2.76. The molecule has 1 atom stereocenters. The first-order valence-electron chi connectivity index (χ1n) is 6.93. The van der Waals surface area contributed by atoms with Crippen molar-refractivity contribution in [2.45, 2.75) is 5.79 Å². The first-order chi connectivity index (χ1) is 12.1. The standard InChI is InChI=1S/C15H10N2O9/c1-26-15(25)5-3-7(14(23)24)16-9(5)8-4(12(19)20)2-6(13(21)22)17-10(8)11(15)18/h2-3,16,25H,1H3,(H,19,20)(H,21,22)(H,23,24). The minimum atomic E-state index is -2.66. The van der Waals surface area contributed by atoms with Crippen LogP contribution in [0.1, 0.15) is 47.4 Å². The van der Waals surface area contributed by atoms with E-state index in [1.54, 1.807) is 0 Å². The number of carbonyl (C=O) groups is 4. The van der Waals surface area contributed by atoms with Crippen molar-refractivity contribution in [3.05, 3.63) is 40.3 Å². The number of methoxy groups -OCH3 is 1. The number of hydrogen-bond donors (Lipinski definition) is 5. The van der Waals surface area contributed by atoms with Gasteiger partial charge in [0.05, 0.1) is 11.3 Å². The van der Waals surface area contributed by atoms with E-state index in [4.69, 9.17) is 14.9 Å². The van der Waals surface area contributed by atoms with E-state index >= 15 is 0 Å². The molecule has 1 unspecified atom stereocenters. The van der Waals surface area contributed by atoms with Crippen molar-refractivity contribution in [2.24, 2.45) is 0 Å². The highest BCUT2D eigenvalue weighted by molar-refractivity contribution is 6.14. The lowest BCUT2D eigenvalue weighted by Gasteiger charge is -2.30. The topological polar surface area (TPSA) is 187 Å². The number of aromatic carboxylic acids is 3. The lowest BCUT2D eigenvalue weighted by Crippen LogP contribution is -2.41. The molecule has 2 heterocycles. The van der Waals surface area contributed by atoms with Crippen LogP contribution in [0, 0.1) is 0 Å². The number of ether oxygens (including phenoxy) is 1. The number of ketones is 1. The zero-order valence-corrected chi connectivity index (χ0v) is 12.9. The Morgan fingerprint density at radius 2 is 1.77 bits per heavy atom. The van der Waals surface area contributed by atoms with Gasteiger partial charge in [0.1, 0.15) is 17.1 Å². The number of aromatic nitrogens is 2. The quantitative estimate of drug-likeness (QED) is 0.469. The van der Waals surface area contributed by atoms with Crippen LogP contribution in [0.2, 0.25) is 0 Å². The summed E-state index contributed by atoms with van der Waals surface area (Å²) in [4.78, 5) is 52.7. The van der Waals surface area contributed by atoms with E-state index < -0.39 is 52.1 Å². The zero-order chi connectivity index (χ0) is 19.4. The molecule has 0 spiro atoms. The molecule has 134 valence electrons. The first-order valence-corrected chi connectivity index (χ1v) is 6.93. The van der Waals surface area contributed by atoms with Crippen LogP contribution in [-0.4, -0.2) is 61.2 Å². The van der Waals surface area contributed by atoms with Crippen LogP contribution in [-0.2, 0) is 10.5 Å². The van der Waals surface area contributed by atoms with E-state index in [1.807, 2.05) is 0 Å². The summed E-state index contributed by atoms with van der Waals surface area (Å²) in [5, 5.41) is 38.2. The predicted octanol–water partition coefficient (Wildman–Crippen LogP) is 0.159. The molecule has 1 aliphatic carbocycles. The fourth-order valence-corrected chi connectivity index (χ4v) is 2.76. The fraction of sp³-hybridized carbons (Fsp3) is 0.133. The highest BCUT2D eigenvalue weighted by atomic mass is 16.6. The van der Waals surface area contributed by atoms with Crippen LogP contribution in [0.3, 0.4) is 0 Å². The second kappa shape index (κ2) is 5.47. The van der Waals surface area contributed by atoms with Gasteiger partial charge in [-0.25, -0.2) is 19.4 Å². The second-order valence-electron chi connectivity index (χ2n) is 5.34. The number of nitrogens with zero attached hydrogens (tertiary/aromatic N) is 1. The summed E-state index contributed by atoms with van der Waals surface area (Å²) < 4.78 is 4.83. The molecule has 3 rings (SSSR count). The second-order valence-corrected chi connectivity index (χ2v) is 5.34. The molecule has 2 aromatic rings. The molecule has 0 aliphatic heterocycles. The number of carboxylic acids is 3. The van der Waals surface area contributed by atoms with E-state index in [-0.39, 0.29) is 16.8 Å². The van der Waals surface area contributed by atoms with Crippen LogP contribution in [0.15, 0.2) is 12.1 Å². The Morgan fingerprint density at radius 1 is 1.12 bits per heavy atom. The van der Waals surface area contributed by atoms with Gasteiger partial charge in [-0.15, -0.1) is 0 Å². The number of hydrogen-bond acceptors (Lipinski definition) is 7. The third-order valence-electron chi connectivity index (χ3n) is 3.95. The summed E-state index contributed by atoms with van der Waals surface area (Å²) in [6.45, 7) is 0. The minimum absolute atomic E-state index is 0.219. The number of pyridine rings is 1. The van der Waals surface area contributed by atoms with Crippen molar-refractivity contribution in [3.8, 4) is 11.3 Å². The van der Waals surface area contributed by atoms with Crippen molar-refractivity contribution in [2.75, 3.05) is 7.11 Å². The van der Waals surface area contributed by atoms with Gasteiger partial charge in [0.25, 0.3) is 5.79 Å². The molecular formula is C15H10N2O9. The first kappa shape index (κ1) is 17.3. The molecule has 0 bridgehead atoms. The number of H-pyrrole nitrogens is 1. The Morgan fingerprint density at radius 3 is 2.27 bits per heavy atom. The Labute approximate surface area is 143 Å². The van der Waals surface area contributed by atoms with Crippen molar-refractivity contribution >= 4 is 23.7 Å². The smallest absolute Gasteiger partial charge is 0.354 e. The molecule has 0 amide bonds. The number of nitrogens with one attached hydrogen (secondary N) is 1. The molecule has 11 heteroatoms. The molecular weight excluding hydrogens is 352 g/mol. The van der Waals surface area contributed by atoms with Crippen LogP contribution in [0.25, 0.3) is 11.3 Å². The third kappa shape index (κ3) is 2.18. The molecule has 0 fully saturated rings. The molecule has 2 aromatic heterocycles. The number of carboxylic acid groups (broad SMARTS) is 3. The van der Waals surface area contributed by atoms with E-state index in [0.29, 0.717) is 0 Å². The molecule has 11 nitrogen and oxygen atoms in total. The summed E-state index contributed by atoms with van der Waals surface area (Å²) in [6, 6.07) is 1.66. The van der Waals surface area contributed by atoms with Crippen molar-refractivity contribution in [3.63, 3.8) is 0 Å². The summed E-state index contributed by atoms with van der Waals surface area (Å²) >= 11 is 0. The van der Waals surface area contributed by atoms with Crippen molar-refractivity contribution in [1.29, 1.82) is 0 Å². The third-order valence-corrected chi connectivity index (χ3v) is 3.95. The number of aliphatic hydroxyl groups is 1. The molecule has 1 aliphatic rings. The van der Waals surface area contributed by atoms with Crippen LogP contribution in [0.4, 0.5) is 0 Å². The summed E-state index contributed by atoms with van der Waals surface area (Å²) in [6.07, 6.45) is 0. The molecule has 26 heavy (non-hydrogen) atoms. The molecule has 0 radical (unpaired) electrons. The number of rotatable bonds is 4. The Hall–Kier alpha value is -3.57. The lowest BCUT2D eigenvalue weighted by molar-refractivity contribution is -0.154. The Kier molecular flexibility index (Phi) is 3.63. The summed E-state index contributed by atoms with van der Waals surface area (Å²) in [7, 11) is 0.971. The monoisotopic (exact) mass is 362 g/mol. The van der Waals surface area contributed by atoms with Gasteiger partial charge in [-0.05, 0) is 12.1 Å². The lowest BCUT2D eigenvalue weighted by atomic mass is 9.85. The summed E-state index contributed by atoms with van der Waals surface area (Å²) in [5.41, 5.74) is -3.31. The van der Waals surface area contributed by atoms with Crippen LogP contribution < -0.4 is 0 Å². The molecule has 0 saturated heterocycles. The largest absolute Gasteiger partial charge is 0.478 e.